The molecule has 2 N–H and O–H groups in total. The predicted octanol–water partition coefficient (Wildman–Crippen LogP) is 5.29. The molecule has 5 fully saturated rings. The molecule has 0 aromatic carbocycles. The molecular weight excluding hydrogens is 370 g/mol. The van der Waals surface area contributed by atoms with Gasteiger partial charge in [0.15, 0.2) is 0 Å². The molecule has 2 saturated heterocycles. The summed E-state index contributed by atoms with van der Waals surface area (Å²) in [5.41, 5.74) is 2.33. The zero-order valence-corrected chi connectivity index (χ0v) is 19.6. The molecule has 30 heavy (non-hydrogen) atoms. The van der Waals surface area contributed by atoms with Crippen LogP contribution in [0.2, 0.25) is 0 Å². The van der Waals surface area contributed by atoms with E-state index in [0.717, 1.165) is 49.0 Å². The van der Waals surface area contributed by atoms with Crippen molar-refractivity contribution in [1.82, 2.24) is 5.32 Å². The number of aliphatic hydroxyl groups is 1. The first-order valence-electron chi connectivity index (χ1n) is 13.1. The molecule has 2 aliphatic heterocycles. The summed E-state index contributed by atoms with van der Waals surface area (Å²) in [6.07, 6.45) is 13.8. The molecule has 0 amide bonds. The topological polar surface area (TPSA) is 41.5 Å². The van der Waals surface area contributed by atoms with Crippen LogP contribution >= 0.6 is 0 Å². The Morgan fingerprint density at radius 1 is 1.07 bits per heavy atom. The van der Waals surface area contributed by atoms with Crippen molar-refractivity contribution in [1.29, 1.82) is 0 Å². The van der Waals surface area contributed by atoms with Gasteiger partial charge in [-0.05, 0) is 98.2 Å². The normalized spacial score (nSPS) is 59.8. The molecule has 0 radical (unpaired) electrons. The molecule has 3 heteroatoms. The molecule has 3 saturated carbocycles. The van der Waals surface area contributed by atoms with E-state index in [9.17, 15) is 5.11 Å². The summed E-state index contributed by atoms with van der Waals surface area (Å²) in [6.45, 7) is 11.2. The highest BCUT2D eigenvalue weighted by molar-refractivity contribution is 5.26. The van der Waals surface area contributed by atoms with Crippen molar-refractivity contribution < 1.29 is 9.84 Å². The predicted molar refractivity (Wildman–Crippen MR) is 120 cm³/mol. The SMILES string of the molecule is CC1CCC2(NC1)O[C@H]1C[C@H]3[C@@H]4CC=C5C[C@@H](O)CC[C@]5(C)[C@H]4CC[C@]3(C)[C@H]1[C@H]2C. The van der Waals surface area contributed by atoms with Crippen molar-refractivity contribution in [2.45, 2.75) is 103 Å². The van der Waals surface area contributed by atoms with Gasteiger partial charge in [-0.15, -0.1) is 0 Å². The zero-order valence-electron chi connectivity index (χ0n) is 19.6. The second-order valence-corrected chi connectivity index (χ2v) is 12.8. The molecule has 2 unspecified atom stereocenters. The van der Waals surface area contributed by atoms with Gasteiger partial charge in [-0.2, -0.15) is 0 Å². The van der Waals surface area contributed by atoms with Crippen LogP contribution in [0.3, 0.4) is 0 Å². The summed E-state index contributed by atoms with van der Waals surface area (Å²) in [7, 11) is 0. The van der Waals surface area contributed by atoms with E-state index < -0.39 is 0 Å². The van der Waals surface area contributed by atoms with E-state index in [-0.39, 0.29) is 11.8 Å². The average molecular weight is 414 g/mol. The molecule has 1 spiro atoms. The molecule has 168 valence electrons. The standard InChI is InChI=1S/C27H43NO2/c1-16-7-12-27(28-15-16)17(2)24-23(30-27)14-22-20-6-5-18-13-19(29)8-10-25(18,3)21(20)9-11-26(22,24)4/h5,16-17,19-24,28-29H,6-15H2,1-4H3/t16?,17-,19+,20-,21+,22+,23+,24+,25+,26+,27?/m1/s1. The van der Waals surface area contributed by atoms with Gasteiger partial charge in [-0.25, -0.2) is 0 Å². The van der Waals surface area contributed by atoms with Crippen LogP contribution in [0.1, 0.15) is 85.5 Å². The summed E-state index contributed by atoms with van der Waals surface area (Å²) >= 11 is 0. The van der Waals surface area contributed by atoms with Gasteiger partial charge in [0.2, 0.25) is 0 Å². The average Bonchev–Trinajstić information content (AvgIpc) is 3.16. The van der Waals surface area contributed by atoms with Gasteiger partial charge in [0, 0.05) is 12.5 Å². The van der Waals surface area contributed by atoms with Crippen LogP contribution in [0.4, 0.5) is 0 Å². The minimum Gasteiger partial charge on any atom is -0.393 e. The highest BCUT2D eigenvalue weighted by atomic mass is 16.5. The first kappa shape index (κ1) is 20.2. The lowest BCUT2D eigenvalue weighted by atomic mass is 9.47. The third-order valence-electron chi connectivity index (χ3n) is 11.6. The number of rotatable bonds is 0. The van der Waals surface area contributed by atoms with Crippen LogP contribution in [0, 0.1) is 46.3 Å². The number of ether oxygens (including phenoxy) is 1. The zero-order chi connectivity index (χ0) is 20.9. The van der Waals surface area contributed by atoms with E-state index in [1.807, 2.05) is 0 Å². The van der Waals surface area contributed by atoms with Gasteiger partial charge >= 0.3 is 0 Å². The third-order valence-corrected chi connectivity index (χ3v) is 11.6. The Labute approximate surface area is 183 Å². The van der Waals surface area contributed by atoms with E-state index in [4.69, 9.17) is 4.74 Å². The molecule has 4 aliphatic carbocycles. The van der Waals surface area contributed by atoms with Gasteiger partial charge in [0.1, 0.15) is 5.72 Å². The van der Waals surface area contributed by atoms with Crippen LogP contribution in [-0.4, -0.2) is 29.6 Å². The number of aliphatic hydroxyl groups excluding tert-OH is 1. The summed E-state index contributed by atoms with van der Waals surface area (Å²) in [6, 6.07) is 0. The number of hydrogen-bond acceptors (Lipinski definition) is 3. The smallest absolute Gasteiger partial charge is 0.122 e. The molecule has 6 rings (SSSR count). The van der Waals surface area contributed by atoms with Crippen LogP contribution < -0.4 is 5.32 Å². The van der Waals surface area contributed by atoms with Gasteiger partial charge < -0.3 is 9.84 Å². The van der Waals surface area contributed by atoms with E-state index in [1.54, 1.807) is 5.57 Å². The molecular formula is C27H43NO2. The lowest BCUT2D eigenvalue weighted by Crippen LogP contribution is -2.57. The van der Waals surface area contributed by atoms with Crippen molar-refractivity contribution in [2.24, 2.45) is 46.3 Å². The van der Waals surface area contributed by atoms with Crippen LogP contribution in [-0.2, 0) is 4.74 Å². The minimum absolute atomic E-state index is 0.0439. The fraction of sp³-hybridized carbons (Fsp3) is 0.926. The lowest BCUT2D eigenvalue weighted by molar-refractivity contribution is -0.115. The minimum atomic E-state index is -0.100. The number of allylic oxidation sites excluding steroid dienone is 1. The Morgan fingerprint density at radius 3 is 2.67 bits per heavy atom. The van der Waals surface area contributed by atoms with Crippen molar-refractivity contribution >= 4 is 0 Å². The van der Waals surface area contributed by atoms with Gasteiger partial charge in [0.25, 0.3) is 0 Å². The number of fused-ring (bicyclic) bond motifs is 7. The molecule has 0 bridgehead atoms. The highest BCUT2D eigenvalue weighted by Gasteiger charge is 2.68. The Kier molecular flexibility index (Phi) is 4.44. The summed E-state index contributed by atoms with van der Waals surface area (Å²) in [4.78, 5) is 0. The fourth-order valence-corrected chi connectivity index (χ4v) is 9.84. The fourth-order valence-electron chi connectivity index (χ4n) is 9.84. The van der Waals surface area contributed by atoms with Crippen molar-refractivity contribution in [2.75, 3.05) is 6.54 Å². The molecule has 11 atom stereocenters. The Hall–Kier alpha value is -0.380. The Bertz CT molecular complexity index is 739. The van der Waals surface area contributed by atoms with Crippen LogP contribution in [0.15, 0.2) is 11.6 Å². The van der Waals surface area contributed by atoms with Gasteiger partial charge in [-0.1, -0.05) is 39.3 Å². The van der Waals surface area contributed by atoms with Crippen molar-refractivity contribution in [3.05, 3.63) is 11.6 Å². The largest absolute Gasteiger partial charge is 0.393 e. The summed E-state index contributed by atoms with van der Waals surface area (Å²) < 4.78 is 7.00. The Morgan fingerprint density at radius 2 is 1.90 bits per heavy atom. The highest BCUT2D eigenvalue weighted by Crippen LogP contribution is 2.70. The van der Waals surface area contributed by atoms with Crippen molar-refractivity contribution in [3.63, 3.8) is 0 Å². The summed E-state index contributed by atoms with van der Waals surface area (Å²) in [5, 5.41) is 14.1. The molecule has 3 nitrogen and oxygen atoms in total. The first-order valence-corrected chi connectivity index (χ1v) is 13.1. The molecule has 2 heterocycles. The first-order chi connectivity index (χ1) is 14.3. The third kappa shape index (κ3) is 2.55. The second-order valence-electron chi connectivity index (χ2n) is 12.8. The quantitative estimate of drug-likeness (QED) is 0.530. The molecule has 0 aromatic rings. The Balaban J connectivity index is 1.28. The van der Waals surface area contributed by atoms with E-state index in [2.05, 4.69) is 39.1 Å². The molecule has 6 aliphatic rings. The second kappa shape index (κ2) is 6.58. The van der Waals surface area contributed by atoms with Gasteiger partial charge in [0.05, 0.1) is 12.2 Å². The van der Waals surface area contributed by atoms with Crippen molar-refractivity contribution in [3.8, 4) is 0 Å². The van der Waals surface area contributed by atoms with E-state index in [0.29, 0.717) is 22.9 Å². The number of nitrogens with one attached hydrogen (secondary N) is 1. The molecule has 0 aromatic heterocycles. The lowest BCUT2D eigenvalue weighted by Gasteiger charge is -2.58. The number of hydrogen-bond donors (Lipinski definition) is 2. The number of piperidine rings is 1. The maximum Gasteiger partial charge on any atom is 0.122 e. The maximum absolute atomic E-state index is 10.3. The van der Waals surface area contributed by atoms with Crippen LogP contribution in [0.5, 0.6) is 0 Å². The summed E-state index contributed by atoms with van der Waals surface area (Å²) in [5.74, 6) is 4.58. The van der Waals surface area contributed by atoms with E-state index >= 15 is 0 Å². The monoisotopic (exact) mass is 413 g/mol. The van der Waals surface area contributed by atoms with Crippen LogP contribution in [0.25, 0.3) is 0 Å². The van der Waals surface area contributed by atoms with E-state index in [1.165, 1.54) is 44.9 Å². The maximum atomic E-state index is 10.3. The van der Waals surface area contributed by atoms with Gasteiger partial charge in [-0.3, -0.25) is 5.32 Å².